The molecule has 0 unspecified atom stereocenters. The summed E-state index contributed by atoms with van der Waals surface area (Å²) in [5.74, 6) is -0.316. The van der Waals surface area contributed by atoms with E-state index in [2.05, 4.69) is 15.5 Å². The van der Waals surface area contributed by atoms with Gasteiger partial charge in [0.25, 0.3) is 0 Å². The number of hydrogen-bond donors (Lipinski definition) is 2. The van der Waals surface area contributed by atoms with Crippen molar-refractivity contribution < 1.29 is 13.2 Å². The molecule has 2 aliphatic heterocycles. The smallest absolute Gasteiger partial charge is 0.241 e. The third-order valence-corrected chi connectivity index (χ3v) is 6.71. The zero-order chi connectivity index (χ0) is 15.3. The van der Waals surface area contributed by atoms with Crippen LogP contribution in [-0.4, -0.2) is 69.5 Å². The summed E-state index contributed by atoms with van der Waals surface area (Å²) in [6.07, 6.45) is 5.62. The maximum absolute atomic E-state index is 12.5. The van der Waals surface area contributed by atoms with Crippen molar-refractivity contribution in [3.63, 3.8) is 0 Å². The highest BCUT2D eigenvalue weighted by Gasteiger charge is 2.48. The molecule has 2 aliphatic rings. The van der Waals surface area contributed by atoms with Gasteiger partial charge in [-0.2, -0.15) is 0 Å². The van der Waals surface area contributed by atoms with Crippen molar-refractivity contribution in [2.75, 3.05) is 45.5 Å². The maximum Gasteiger partial charge on any atom is 0.241 e. The predicted molar refractivity (Wildman–Crippen MR) is 83.0 cm³/mol. The number of sulfone groups is 1. The van der Waals surface area contributed by atoms with Crippen LogP contribution in [0.5, 0.6) is 0 Å². The molecule has 2 rings (SSSR count). The molecule has 7 heteroatoms. The van der Waals surface area contributed by atoms with E-state index < -0.39 is 14.6 Å². The lowest BCUT2D eigenvalue weighted by Gasteiger charge is -2.34. The number of rotatable bonds is 5. The molecule has 0 saturated carbocycles. The van der Waals surface area contributed by atoms with Gasteiger partial charge < -0.3 is 15.5 Å². The summed E-state index contributed by atoms with van der Waals surface area (Å²) in [5, 5.41) is 5.98. The molecule has 2 N–H and O–H groups in total. The second-order valence-corrected chi connectivity index (χ2v) is 8.50. The van der Waals surface area contributed by atoms with Gasteiger partial charge >= 0.3 is 0 Å². The topological polar surface area (TPSA) is 78.5 Å². The Morgan fingerprint density at radius 2 is 1.81 bits per heavy atom. The van der Waals surface area contributed by atoms with Gasteiger partial charge in [0.2, 0.25) is 5.91 Å². The molecule has 2 heterocycles. The second kappa shape index (κ2) is 7.07. The molecule has 0 aromatic carbocycles. The van der Waals surface area contributed by atoms with Gasteiger partial charge in [-0.3, -0.25) is 4.79 Å². The molecule has 1 amide bonds. The standard InChI is InChI=1S/C14H27N3O3S/c1-21(19,20)14(5-7-15-8-6-14)13(18)16-9-12-17-10-3-2-4-11-17/h15H,2-12H2,1H3,(H,16,18). The Kier molecular flexibility index (Phi) is 5.62. The monoisotopic (exact) mass is 317 g/mol. The summed E-state index contributed by atoms with van der Waals surface area (Å²) >= 11 is 0. The number of hydrogen-bond acceptors (Lipinski definition) is 5. The Balaban J connectivity index is 1.90. The summed E-state index contributed by atoms with van der Waals surface area (Å²) in [6, 6.07) is 0. The van der Waals surface area contributed by atoms with E-state index in [1.165, 1.54) is 25.5 Å². The summed E-state index contributed by atoms with van der Waals surface area (Å²) < 4.78 is 23.0. The van der Waals surface area contributed by atoms with Gasteiger partial charge in [0.1, 0.15) is 0 Å². The molecule has 122 valence electrons. The van der Waals surface area contributed by atoms with Crippen LogP contribution in [0.4, 0.5) is 0 Å². The average Bonchev–Trinajstić information content (AvgIpc) is 2.48. The molecule has 0 radical (unpaired) electrons. The van der Waals surface area contributed by atoms with E-state index in [0.717, 1.165) is 19.6 Å². The first-order chi connectivity index (χ1) is 9.96. The Morgan fingerprint density at radius 1 is 1.19 bits per heavy atom. The number of nitrogens with one attached hydrogen (secondary N) is 2. The van der Waals surface area contributed by atoms with Crippen molar-refractivity contribution in [2.24, 2.45) is 0 Å². The van der Waals surface area contributed by atoms with Crippen LogP contribution in [0.3, 0.4) is 0 Å². The Labute approximate surface area is 127 Å². The van der Waals surface area contributed by atoms with Gasteiger partial charge in [0.15, 0.2) is 14.6 Å². The number of carbonyl (C=O) groups is 1. The summed E-state index contributed by atoms with van der Waals surface area (Å²) in [6.45, 7) is 4.65. The first kappa shape index (κ1) is 16.7. The number of nitrogens with zero attached hydrogens (tertiary/aromatic N) is 1. The highest BCUT2D eigenvalue weighted by atomic mass is 32.2. The Bertz CT molecular complexity index is 452. The minimum atomic E-state index is -3.41. The summed E-state index contributed by atoms with van der Waals surface area (Å²) in [7, 11) is -3.41. The fraction of sp³-hybridized carbons (Fsp3) is 0.929. The molecule has 0 spiro atoms. The number of likely N-dealkylation sites (tertiary alicyclic amines) is 1. The van der Waals surface area contributed by atoms with Crippen LogP contribution < -0.4 is 10.6 Å². The van der Waals surface area contributed by atoms with Gasteiger partial charge in [0, 0.05) is 19.3 Å². The molecule has 0 aromatic heterocycles. The molecule has 0 aliphatic carbocycles. The molecule has 0 atom stereocenters. The van der Waals surface area contributed by atoms with Crippen LogP contribution in [0.1, 0.15) is 32.1 Å². The minimum Gasteiger partial charge on any atom is -0.353 e. The van der Waals surface area contributed by atoms with Gasteiger partial charge in [-0.15, -0.1) is 0 Å². The lowest BCUT2D eigenvalue weighted by atomic mass is 9.96. The molecular weight excluding hydrogens is 290 g/mol. The van der Waals surface area contributed by atoms with E-state index >= 15 is 0 Å². The second-order valence-electron chi connectivity index (χ2n) is 6.17. The van der Waals surface area contributed by atoms with Crippen LogP contribution in [0.2, 0.25) is 0 Å². The lowest BCUT2D eigenvalue weighted by Crippen LogP contribution is -2.58. The van der Waals surface area contributed by atoms with Crippen LogP contribution in [0.25, 0.3) is 0 Å². The Hall–Kier alpha value is -0.660. The van der Waals surface area contributed by atoms with Crippen LogP contribution in [0.15, 0.2) is 0 Å². The van der Waals surface area contributed by atoms with Gasteiger partial charge in [0.05, 0.1) is 0 Å². The SMILES string of the molecule is CS(=O)(=O)C1(C(=O)NCCN2CCCCC2)CCNCC1. The van der Waals surface area contributed by atoms with Crippen molar-refractivity contribution in [1.29, 1.82) is 0 Å². The molecule has 21 heavy (non-hydrogen) atoms. The molecule has 2 saturated heterocycles. The van der Waals surface area contributed by atoms with Crippen molar-refractivity contribution in [1.82, 2.24) is 15.5 Å². The molecule has 2 fully saturated rings. The number of amides is 1. The molecular formula is C14H27N3O3S. The first-order valence-corrected chi connectivity index (χ1v) is 9.76. The van der Waals surface area contributed by atoms with E-state index in [9.17, 15) is 13.2 Å². The predicted octanol–water partition coefficient (Wildman–Crippen LogP) is -0.245. The zero-order valence-corrected chi connectivity index (χ0v) is 13.7. The fourth-order valence-electron chi connectivity index (χ4n) is 3.27. The summed E-state index contributed by atoms with van der Waals surface area (Å²) in [5.41, 5.74) is 0. The van der Waals surface area contributed by atoms with E-state index in [4.69, 9.17) is 0 Å². The normalized spacial score (nSPS) is 23.7. The van der Waals surface area contributed by atoms with Gasteiger partial charge in [-0.1, -0.05) is 6.42 Å². The highest BCUT2D eigenvalue weighted by Crippen LogP contribution is 2.27. The van der Waals surface area contributed by atoms with Crippen LogP contribution in [-0.2, 0) is 14.6 Å². The van der Waals surface area contributed by atoms with Gasteiger partial charge in [-0.25, -0.2) is 8.42 Å². The number of piperidine rings is 2. The first-order valence-electron chi connectivity index (χ1n) is 7.87. The largest absolute Gasteiger partial charge is 0.353 e. The van der Waals surface area contributed by atoms with Crippen molar-refractivity contribution in [3.8, 4) is 0 Å². The van der Waals surface area contributed by atoms with E-state index in [0.29, 0.717) is 32.5 Å². The van der Waals surface area contributed by atoms with E-state index in [1.807, 2.05) is 0 Å². The maximum atomic E-state index is 12.5. The molecule has 0 bridgehead atoms. The lowest BCUT2D eigenvalue weighted by molar-refractivity contribution is -0.124. The van der Waals surface area contributed by atoms with Crippen molar-refractivity contribution in [3.05, 3.63) is 0 Å². The number of carbonyl (C=O) groups excluding carboxylic acids is 1. The van der Waals surface area contributed by atoms with E-state index in [1.54, 1.807) is 0 Å². The van der Waals surface area contributed by atoms with Crippen LogP contribution in [0, 0.1) is 0 Å². The third kappa shape index (κ3) is 3.96. The van der Waals surface area contributed by atoms with Crippen molar-refractivity contribution in [2.45, 2.75) is 36.9 Å². The summed E-state index contributed by atoms with van der Waals surface area (Å²) in [4.78, 5) is 14.8. The average molecular weight is 317 g/mol. The molecule has 6 nitrogen and oxygen atoms in total. The zero-order valence-electron chi connectivity index (χ0n) is 12.9. The highest BCUT2D eigenvalue weighted by molar-refractivity contribution is 7.92. The quantitative estimate of drug-likeness (QED) is 0.731. The van der Waals surface area contributed by atoms with Crippen LogP contribution >= 0.6 is 0 Å². The van der Waals surface area contributed by atoms with Gasteiger partial charge in [-0.05, 0) is 51.9 Å². The fourth-order valence-corrected chi connectivity index (χ4v) is 4.62. The Morgan fingerprint density at radius 3 is 2.38 bits per heavy atom. The van der Waals surface area contributed by atoms with Crippen molar-refractivity contribution >= 4 is 15.7 Å². The molecule has 0 aromatic rings. The van der Waals surface area contributed by atoms with E-state index in [-0.39, 0.29) is 5.91 Å². The minimum absolute atomic E-state index is 0.316. The third-order valence-electron chi connectivity index (χ3n) is 4.70.